The summed E-state index contributed by atoms with van der Waals surface area (Å²) in [5, 5.41) is 0. The third-order valence-electron chi connectivity index (χ3n) is 2.43. The van der Waals surface area contributed by atoms with Gasteiger partial charge >= 0.3 is 5.97 Å². The largest absolute Gasteiger partial charge is 0.464 e. The van der Waals surface area contributed by atoms with Crippen LogP contribution in [0.25, 0.3) is 0 Å². The molecule has 0 aliphatic heterocycles. The average Bonchev–Trinajstić information content (AvgIpc) is 2.67. The lowest BCUT2D eigenvalue weighted by Crippen LogP contribution is -2.14. The summed E-state index contributed by atoms with van der Waals surface area (Å²) in [6, 6.07) is 0.265. The van der Waals surface area contributed by atoms with Gasteiger partial charge in [-0.1, -0.05) is 6.92 Å². The lowest BCUT2D eigenvalue weighted by Gasteiger charge is -2.16. The number of rotatable bonds is 5. The van der Waals surface area contributed by atoms with E-state index in [-0.39, 0.29) is 11.7 Å². The van der Waals surface area contributed by atoms with Crippen LogP contribution < -0.4 is 5.73 Å². The topological polar surface area (TPSA) is 70.1 Å². The number of imidazole rings is 1. The fraction of sp³-hybridized carbons (Fsp3) is 0.600. The molecule has 1 aromatic rings. The van der Waals surface area contributed by atoms with Crippen molar-refractivity contribution in [3.63, 3.8) is 0 Å². The zero-order valence-corrected chi connectivity index (χ0v) is 10.6. The standard InChI is InChI=1S/C10H17N3O2S/c1-4-7(5-16-3)13-6-12-8(9(13)11)10(14)15-2/h6-7H,4-5,11H2,1-3H3. The second-order valence-corrected chi connectivity index (χ2v) is 4.31. The second-order valence-electron chi connectivity index (χ2n) is 3.39. The monoisotopic (exact) mass is 243 g/mol. The van der Waals surface area contributed by atoms with Gasteiger partial charge in [-0.05, 0) is 12.7 Å². The van der Waals surface area contributed by atoms with Gasteiger partial charge in [-0.15, -0.1) is 0 Å². The zero-order chi connectivity index (χ0) is 12.1. The van der Waals surface area contributed by atoms with Gasteiger partial charge in [-0.25, -0.2) is 9.78 Å². The second kappa shape index (κ2) is 5.79. The lowest BCUT2D eigenvalue weighted by atomic mass is 10.2. The van der Waals surface area contributed by atoms with Crippen molar-refractivity contribution in [1.82, 2.24) is 9.55 Å². The number of anilines is 1. The molecule has 1 atom stereocenters. The van der Waals surface area contributed by atoms with Crippen molar-refractivity contribution in [3.05, 3.63) is 12.0 Å². The molecule has 0 saturated heterocycles. The van der Waals surface area contributed by atoms with Gasteiger partial charge in [-0.2, -0.15) is 11.8 Å². The third kappa shape index (κ3) is 2.49. The average molecular weight is 243 g/mol. The Morgan fingerprint density at radius 1 is 1.75 bits per heavy atom. The van der Waals surface area contributed by atoms with E-state index in [9.17, 15) is 4.79 Å². The van der Waals surface area contributed by atoms with Crippen LogP contribution in [-0.4, -0.2) is 34.6 Å². The molecule has 0 amide bonds. The number of ether oxygens (including phenoxy) is 1. The molecule has 1 unspecified atom stereocenters. The highest BCUT2D eigenvalue weighted by Crippen LogP contribution is 2.22. The van der Waals surface area contributed by atoms with Crippen LogP contribution in [0.3, 0.4) is 0 Å². The predicted octanol–water partition coefficient (Wildman–Crippen LogP) is 1.57. The summed E-state index contributed by atoms with van der Waals surface area (Å²) < 4.78 is 6.44. The number of hydrogen-bond acceptors (Lipinski definition) is 5. The Bertz CT molecular complexity index is 365. The number of nitrogens with zero attached hydrogens (tertiary/aromatic N) is 2. The molecule has 90 valence electrons. The Morgan fingerprint density at radius 2 is 2.44 bits per heavy atom. The van der Waals surface area contributed by atoms with Crippen molar-refractivity contribution in [2.45, 2.75) is 19.4 Å². The molecule has 0 fully saturated rings. The van der Waals surface area contributed by atoms with Crippen LogP contribution in [-0.2, 0) is 4.74 Å². The number of thioether (sulfide) groups is 1. The van der Waals surface area contributed by atoms with Crippen LogP contribution >= 0.6 is 11.8 Å². The first kappa shape index (κ1) is 12.9. The summed E-state index contributed by atoms with van der Waals surface area (Å²) in [5.41, 5.74) is 6.07. The van der Waals surface area contributed by atoms with E-state index in [1.54, 1.807) is 18.1 Å². The summed E-state index contributed by atoms with van der Waals surface area (Å²) in [4.78, 5) is 15.3. The van der Waals surface area contributed by atoms with Gasteiger partial charge in [0.2, 0.25) is 0 Å². The van der Waals surface area contributed by atoms with E-state index in [0.717, 1.165) is 12.2 Å². The first-order chi connectivity index (χ1) is 7.65. The first-order valence-corrected chi connectivity index (χ1v) is 6.44. The molecule has 1 rings (SSSR count). The number of hydrogen-bond donors (Lipinski definition) is 1. The summed E-state index contributed by atoms with van der Waals surface area (Å²) in [7, 11) is 1.32. The number of esters is 1. The minimum absolute atomic E-state index is 0.196. The molecule has 1 heterocycles. The Kier molecular flexibility index (Phi) is 4.67. The number of carbonyl (C=O) groups excluding carboxylic acids is 1. The molecule has 1 aromatic heterocycles. The fourth-order valence-corrected chi connectivity index (χ4v) is 2.28. The van der Waals surface area contributed by atoms with Gasteiger partial charge in [0.15, 0.2) is 5.69 Å². The van der Waals surface area contributed by atoms with E-state index in [1.165, 1.54) is 7.11 Å². The molecule has 0 saturated carbocycles. The molecule has 0 radical (unpaired) electrons. The molecule has 6 heteroatoms. The Hall–Kier alpha value is -1.17. The smallest absolute Gasteiger partial charge is 0.360 e. The highest BCUT2D eigenvalue weighted by molar-refractivity contribution is 7.98. The summed E-state index contributed by atoms with van der Waals surface area (Å²) >= 11 is 1.74. The van der Waals surface area contributed by atoms with Crippen molar-refractivity contribution >= 4 is 23.5 Å². The molecule has 2 N–H and O–H groups in total. The van der Waals surface area contributed by atoms with Crippen LogP contribution in [0, 0.1) is 0 Å². The van der Waals surface area contributed by atoms with Gasteiger partial charge in [0.05, 0.1) is 13.4 Å². The normalized spacial score (nSPS) is 12.4. The molecule has 16 heavy (non-hydrogen) atoms. The maximum absolute atomic E-state index is 11.3. The third-order valence-corrected chi connectivity index (χ3v) is 3.15. The van der Waals surface area contributed by atoms with Crippen molar-refractivity contribution in [1.29, 1.82) is 0 Å². The van der Waals surface area contributed by atoms with Crippen molar-refractivity contribution in [2.24, 2.45) is 0 Å². The molecule has 5 nitrogen and oxygen atoms in total. The van der Waals surface area contributed by atoms with Gasteiger partial charge in [0, 0.05) is 11.8 Å². The van der Waals surface area contributed by atoms with E-state index < -0.39 is 5.97 Å². The maximum atomic E-state index is 11.3. The molecular weight excluding hydrogens is 226 g/mol. The van der Waals surface area contributed by atoms with Gasteiger partial charge in [0.1, 0.15) is 5.82 Å². The van der Waals surface area contributed by atoms with Crippen LogP contribution in [0.15, 0.2) is 6.33 Å². The SMILES string of the molecule is CCC(CSC)n1cnc(C(=O)OC)c1N. The maximum Gasteiger partial charge on any atom is 0.360 e. The van der Waals surface area contributed by atoms with Crippen LogP contribution in [0.5, 0.6) is 0 Å². The number of aromatic nitrogens is 2. The minimum Gasteiger partial charge on any atom is -0.464 e. The lowest BCUT2D eigenvalue weighted by molar-refractivity contribution is 0.0596. The number of carbonyl (C=O) groups is 1. The van der Waals surface area contributed by atoms with E-state index in [2.05, 4.69) is 16.6 Å². The van der Waals surface area contributed by atoms with Crippen LogP contribution in [0.1, 0.15) is 29.9 Å². The molecular formula is C10H17N3O2S. The number of methoxy groups -OCH3 is 1. The van der Waals surface area contributed by atoms with Crippen molar-refractivity contribution in [3.8, 4) is 0 Å². The Morgan fingerprint density at radius 3 is 2.94 bits per heavy atom. The number of nitrogens with two attached hydrogens (primary N) is 1. The first-order valence-electron chi connectivity index (χ1n) is 5.05. The zero-order valence-electron chi connectivity index (χ0n) is 9.77. The van der Waals surface area contributed by atoms with E-state index in [4.69, 9.17) is 5.73 Å². The highest BCUT2D eigenvalue weighted by Gasteiger charge is 2.19. The van der Waals surface area contributed by atoms with Crippen molar-refractivity contribution in [2.75, 3.05) is 24.9 Å². The molecule has 0 spiro atoms. The summed E-state index contributed by atoms with van der Waals surface area (Å²) in [6.45, 7) is 2.08. The minimum atomic E-state index is -0.491. The fourth-order valence-electron chi connectivity index (χ4n) is 1.50. The van der Waals surface area contributed by atoms with Crippen molar-refractivity contribution < 1.29 is 9.53 Å². The van der Waals surface area contributed by atoms with Gasteiger partial charge < -0.3 is 15.0 Å². The predicted molar refractivity (Wildman–Crippen MR) is 65.7 cm³/mol. The molecule has 0 aromatic carbocycles. The quantitative estimate of drug-likeness (QED) is 0.795. The summed E-state index contributed by atoms with van der Waals surface area (Å²) in [5.74, 6) is 0.834. The van der Waals surface area contributed by atoms with E-state index in [1.807, 2.05) is 10.8 Å². The van der Waals surface area contributed by atoms with Gasteiger partial charge in [-0.3, -0.25) is 0 Å². The van der Waals surface area contributed by atoms with E-state index in [0.29, 0.717) is 5.82 Å². The van der Waals surface area contributed by atoms with Gasteiger partial charge in [0.25, 0.3) is 0 Å². The molecule has 0 aliphatic rings. The number of nitrogen functional groups attached to an aromatic ring is 1. The Labute approximate surface area is 99.4 Å². The molecule has 0 bridgehead atoms. The van der Waals surface area contributed by atoms with Crippen LogP contribution in [0.2, 0.25) is 0 Å². The highest BCUT2D eigenvalue weighted by atomic mass is 32.2. The Balaban J connectivity index is 2.97. The molecule has 0 aliphatic carbocycles. The van der Waals surface area contributed by atoms with Crippen LogP contribution in [0.4, 0.5) is 5.82 Å². The summed E-state index contributed by atoms with van der Waals surface area (Å²) in [6.07, 6.45) is 4.59. The van der Waals surface area contributed by atoms with E-state index >= 15 is 0 Å².